The molecule has 0 bridgehead atoms. The van der Waals surface area contributed by atoms with Crippen LogP contribution in [0.2, 0.25) is 0 Å². The van der Waals surface area contributed by atoms with E-state index in [9.17, 15) is 9.59 Å². The van der Waals surface area contributed by atoms with Gasteiger partial charge in [-0.2, -0.15) is 0 Å². The first-order valence-corrected chi connectivity index (χ1v) is 11.0. The SMILES string of the molecule is C=C[C@@H](C(Cc1ccccc1)NC(=O)c1ccccc1)N1C(=O)c2cccc3cccc1c23. The Morgan fingerprint density at radius 2 is 1.55 bits per heavy atom. The summed E-state index contributed by atoms with van der Waals surface area (Å²) in [6.07, 6.45) is 2.33. The van der Waals surface area contributed by atoms with Crippen LogP contribution in [0.15, 0.2) is 110 Å². The first kappa shape index (κ1) is 20.7. The van der Waals surface area contributed by atoms with Gasteiger partial charge in [0.1, 0.15) is 0 Å². The fraction of sp³-hybridized carbons (Fsp3) is 0.103. The quantitative estimate of drug-likeness (QED) is 0.398. The molecule has 4 aromatic rings. The van der Waals surface area contributed by atoms with Crippen molar-refractivity contribution in [2.75, 3.05) is 4.90 Å². The molecule has 33 heavy (non-hydrogen) atoms. The fourth-order valence-corrected chi connectivity index (χ4v) is 4.65. The number of hydrogen-bond acceptors (Lipinski definition) is 2. The van der Waals surface area contributed by atoms with E-state index in [4.69, 9.17) is 0 Å². The number of carbonyl (C=O) groups excluding carboxylic acids is 2. The Morgan fingerprint density at radius 1 is 0.879 bits per heavy atom. The molecule has 1 aliphatic heterocycles. The van der Waals surface area contributed by atoms with Crippen LogP contribution in [-0.4, -0.2) is 23.9 Å². The molecule has 0 fully saturated rings. The van der Waals surface area contributed by atoms with Crippen LogP contribution >= 0.6 is 0 Å². The van der Waals surface area contributed by atoms with Crippen LogP contribution < -0.4 is 10.2 Å². The third kappa shape index (κ3) is 3.80. The van der Waals surface area contributed by atoms with Gasteiger partial charge in [0.25, 0.3) is 11.8 Å². The molecule has 0 spiro atoms. The maximum absolute atomic E-state index is 13.6. The predicted octanol–water partition coefficient (Wildman–Crippen LogP) is 5.40. The van der Waals surface area contributed by atoms with Crippen LogP contribution in [0.5, 0.6) is 0 Å². The van der Waals surface area contributed by atoms with Crippen molar-refractivity contribution in [1.29, 1.82) is 0 Å². The second-order valence-corrected chi connectivity index (χ2v) is 8.22. The molecule has 0 radical (unpaired) electrons. The maximum Gasteiger partial charge on any atom is 0.259 e. The molecule has 0 aliphatic carbocycles. The summed E-state index contributed by atoms with van der Waals surface area (Å²) < 4.78 is 0. The van der Waals surface area contributed by atoms with Gasteiger partial charge in [0.15, 0.2) is 0 Å². The second kappa shape index (κ2) is 8.75. The lowest BCUT2D eigenvalue weighted by molar-refractivity contribution is 0.0917. The molecule has 4 aromatic carbocycles. The zero-order valence-corrected chi connectivity index (χ0v) is 18.1. The summed E-state index contributed by atoms with van der Waals surface area (Å²) in [4.78, 5) is 28.5. The molecule has 4 heteroatoms. The Hall–Kier alpha value is -4.18. The van der Waals surface area contributed by atoms with E-state index in [2.05, 4.69) is 11.9 Å². The number of anilines is 1. The van der Waals surface area contributed by atoms with Gasteiger partial charge in [0.05, 0.1) is 17.8 Å². The maximum atomic E-state index is 13.6. The Morgan fingerprint density at radius 3 is 2.24 bits per heavy atom. The van der Waals surface area contributed by atoms with Crippen molar-refractivity contribution in [2.45, 2.75) is 18.5 Å². The highest BCUT2D eigenvalue weighted by Crippen LogP contribution is 2.39. The minimum Gasteiger partial charge on any atom is -0.347 e. The van der Waals surface area contributed by atoms with E-state index in [1.807, 2.05) is 84.9 Å². The highest BCUT2D eigenvalue weighted by molar-refractivity contribution is 6.25. The smallest absolute Gasteiger partial charge is 0.259 e. The van der Waals surface area contributed by atoms with Gasteiger partial charge in [0, 0.05) is 16.5 Å². The lowest BCUT2D eigenvalue weighted by atomic mass is 9.97. The summed E-state index contributed by atoms with van der Waals surface area (Å²) in [7, 11) is 0. The van der Waals surface area contributed by atoms with Crippen molar-refractivity contribution in [3.63, 3.8) is 0 Å². The number of nitrogens with zero attached hydrogens (tertiary/aromatic N) is 1. The van der Waals surface area contributed by atoms with Crippen LogP contribution in [0.1, 0.15) is 26.3 Å². The highest BCUT2D eigenvalue weighted by atomic mass is 16.2. The number of nitrogens with one attached hydrogen (secondary N) is 1. The van der Waals surface area contributed by atoms with Gasteiger partial charge < -0.3 is 5.32 Å². The van der Waals surface area contributed by atoms with Crippen LogP contribution in [0.25, 0.3) is 10.8 Å². The van der Waals surface area contributed by atoms with E-state index in [1.54, 1.807) is 23.1 Å². The van der Waals surface area contributed by atoms with Crippen molar-refractivity contribution in [1.82, 2.24) is 5.32 Å². The highest BCUT2D eigenvalue weighted by Gasteiger charge is 2.37. The fourth-order valence-electron chi connectivity index (χ4n) is 4.65. The average Bonchev–Trinajstić information content (AvgIpc) is 3.14. The number of carbonyl (C=O) groups is 2. The summed E-state index contributed by atoms with van der Waals surface area (Å²) in [6, 6.07) is 30.0. The van der Waals surface area contributed by atoms with E-state index in [-0.39, 0.29) is 17.9 Å². The van der Waals surface area contributed by atoms with Gasteiger partial charge in [-0.15, -0.1) is 6.58 Å². The van der Waals surface area contributed by atoms with Crippen molar-refractivity contribution in [3.05, 3.63) is 126 Å². The molecule has 5 rings (SSSR count). The van der Waals surface area contributed by atoms with Gasteiger partial charge in [0.2, 0.25) is 0 Å². The molecule has 4 nitrogen and oxygen atoms in total. The van der Waals surface area contributed by atoms with E-state index in [1.165, 1.54) is 0 Å². The van der Waals surface area contributed by atoms with Gasteiger partial charge in [-0.25, -0.2) is 0 Å². The Kier molecular flexibility index (Phi) is 5.49. The molecule has 0 saturated heterocycles. The Bertz CT molecular complexity index is 1330. The number of rotatable bonds is 7. The summed E-state index contributed by atoms with van der Waals surface area (Å²) in [5.41, 5.74) is 3.19. The first-order valence-electron chi connectivity index (χ1n) is 11.0. The average molecular weight is 433 g/mol. The molecule has 1 heterocycles. The van der Waals surface area contributed by atoms with Gasteiger partial charge in [-0.3, -0.25) is 14.5 Å². The molecule has 162 valence electrons. The zero-order valence-electron chi connectivity index (χ0n) is 18.1. The summed E-state index contributed by atoms with van der Waals surface area (Å²) in [6.45, 7) is 4.06. The van der Waals surface area contributed by atoms with Crippen molar-refractivity contribution in [2.24, 2.45) is 0 Å². The number of benzene rings is 4. The van der Waals surface area contributed by atoms with Crippen molar-refractivity contribution in [3.8, 4) is 0 Å². The van der Waals surface area contributed by atoms with Crippen LogP contribution in [0, 0.1) is 0 Å². The van der Waals surface area contributed by atoms with E-state index in [0.717, 1.165) is 22.0 Å². The van der Waals surface area contributed by atoms with Crippen LogP contribution in [0.4, 0.5) is 5.69 Å². The van der Waals surface area contributed by atoms with Crippen molar-refractivity contribution >= 4 is 28.3 Å². The molecular weight excluding hydrogens is 408 g/mol. The van der Waals surface area contributed by atoms with Crippen LogP contribution in [-0.2, 0) is 6.42 Å². The normalized spacial score (nSPS) is 14.2. The largest absolute Gasteiger partial charge is 0.347 e. The molecule has 2 amide bonds. The molecule has 0 saturated carbocycles. The first-order chi connectivity index (χ1) is 16.2. The van der Waals surface area contributed by atoms with Crippen LogP contribution in [0.3, 0.4) is 0 Å². The third-order valence-corrected chi connectivity index (χ3v) is 6.19. The minimum absolute atomic E-state index is 0.0706. The monoisotopic (exact) mass is 432 g/mol. The topological polar surface area (TPSA) is 49.4 Å². The summed E-state index contributed by atoms with van der Waals surface area (Å²) in [5, 5.41) is 5.16. The summed E-state index contributed by atoms with van der Waals surface area (Å²) >= 11 is 0. The minimum atomic E-state index is -0.427. The second-order valence-electron chi connectivity index (χ2n) is 8.22. The summed E-state index contributed by atoms with van der Waals surface area (Å²) in [5.74, 6) is -0.246. The molecule has 2 atom stereocenters. The van der Waals surface area contributed by atoms with Gasteiger partial charge >= 0.3 is 0 Å². The Labute approximate surface area is 193 Å². The molecule has 1 aliphatic rings. The molecular formula is C29H24N2O2. The van der Waals surface area contributed by atoms with Crippen molar-refractivity contribution < 1.29 is 9.59 Å². The predicted molar refractivity (Wildman–Crippen MR) is 133 cm³/mol. The third-order valence-electron chi connectivity index (χ3n) is 6.19. The zero-order chi connectivity index (χ0) is 22.8. The number of amides is 2. The van der Waals surface area contributed by atoms with E-state index >= 15 is 0 Å². The lowest BCUT2D eigenvalue weighted by Crippen LogP contribution is -2.53. The van der Waals surface area contributed by atoms with E-state index < -0.39 is 6.04 Å². The molecule has 1 N–H and O–H groups in total. The number of hydrogen-bond donors (Lipinski definition) is 1. The van der Waals surface area contributed by atoms with Gasteiger partial charge in [-0.05, 0) is 41.6 Å². The van der Waals surface area contributed by atoms with Gasteiger partial charge in [-0.1, -0.05) is 78.9 Å². The lowest BCUT2D eigenvalue weighted by Gasteiger charge is -2.34. The van der Waals surface area contributed by atoms with E-state index in [0.29, 0.717) is 17.5 Å². The molecule has 1 unspecified atom stereocenters. The standard InChI is InChI=1S/C29H24N2O2/c1-2-25(31-26-18-10-16-21-15-9-17-23(27(21)26)29(31)33)24(19-20-11-5-3-6-12-20)30-28(32)22-13-7-4-8-14-22/h2-18,24-25H,1,19H2,(H,30,32)/t24?,25-/m0/s1. The Balaban J connectivity index is 1.54. The molecule has 0 aromatic heterocycles.